The van der Waals surface area contributed by atoms with E-state index < -0.39 is 0 Å². The molecule has 1 aromatic rings. The molecule has 1 fully saturated rings. The highest BCUT2D eigenvalue weighted by molar-refractivity contribution is 5.79. The first-order chi connectivity index (χ1) is 10.7. The molecule has 122 valence electrons. The lowest BCUT2D eigenvalue weighted by atomic mass is 9.89. The Balaban J connectivity index is 1.58. The molecule has 0 atom stereocenters. The number of hydrogen-bond donors (Lipinski definition) is 2. The highest BCUT2D eigenvalue weighted by atomic mass is 16.5. The van der Waals surface area contributed by atoms with Gasteiger partial charge < -0.3 is 15.4 Å². The molecule has 0 unspecified atom stereocenters. The third kappa shape index (κ3) is 5.68. The summed E-state index contributed by atoms with van der Waals surface area (Å²) in [4.78, 5) is 4.27. The van der Waals surface area contributed by atoms with Gasteiger partial charge in [0.15, 0.2) is 5.96 Å². The molecule has 0 saturated heterocycles. The molecule has 1 aliphatic rings. The Morgan fingerprint density at radius 2 is 1.91 bits per heavy atom. The number of hydrogen-bond acceptors (Lipinski definition) is 2. The zero-order valence-corrected chi connectivity index (χ0v) is 13.9. The van der Waals surface area contributed by atoms with Crippen LogP contribution in [0.3, 0.4) is 0 Å². The van der Waals surface area contributed by atoms with Gasteiger partial charge in [0.25, 0.3) is 0 Å². The first kappa shape index (κ1) is 16.8. The second-order valence-corrected chi connectivity index (χ2v) is 6.41. The standard InChI is InChI=1S/C18H29N3O/c1-18(10-6-7-11-18)15-21-17(19-2)20-12-13-22-14-16-8-4-3-5-9-16/h3-5,8-9H,6-7,10-15H2,1-2H3,(H2,19,20,21). The Morgan fingerprint density at radius 3 is 2.59 bits per heavy atom. The predicted molar refractivity (Wildman–Crippen MR) is 92.0 cm³/mol. The molecular weight excluding hydrogens is 274 g/mol. The first-order valence-corrected chi connectivity index (χ1v) is 8.28. The molecule has 2 rings (SSSR count). The van der Waals surface area contributed by atoms with Crippen molar-refractivity contribution in [2.45, 2.75) is 39.2 Å². The molecule has 0 radical (unpaired) electrons. The zero-order valence-electron chi connectivity index (χ0n) is 13.9. The maximum absolute atomic E-state index is 5.67. The maximum Gasteiger partial charge on any atom is 0.191 e. The Labute approximate surface area is 134 Å². The summed E-state index contributed by atoms with van der Waals surface area (Å²) in [7, 11) is 1.82. The van der Waals surface area contributed by atoms with Crippen molar-refractivity contribution in [1.82, 2.24) is 10.6 Å². The van der Waals surface area contributed by atoms with E-state index in [2.05, 4.69) is 34.7 Å². The van der Waals surface area contributed by atoms with Gasteiger partial charge in [0.05, 0.1) is 13.2 Å². The summed E-state index contributed by atoms with van der Waals surface area (Å²) in [5.74, 6) is 0.872. The van der Waals surface area contributed by atoms with E-state index in [0.717, 1.165) is 19.0 Å². The largest absolute Gasteiger partial charge is 0.375 e. The van der Waals surface area contributed by atoms with Crippen molar-refractivity contribution in [3.05, 3.63) is 35.9 Å². The van der Waals surface area contributed by atoms with Gasteiger partial charge in [-0.15, -0.1) is 0 Å². The third-order valence-electron chi connectivity index (χ3n) is 4.37. The van der Waals surface area contributed by atoms with E-state index in [1.54, 1.807) is 0 Å². The molecule has 0 aromatic heterocycles. The summed E-state index contributed by atoms with van der Waals surface area (Å²) in [5, 5.41) is 6.75. The Hall–Kier alpha value is -1.55. The topological polar surface area (TPSA) is 45.7 Å². The quantitative estimate of drug-likeness (QED) is 0.462. The van der Waals surface area contributed by atoms with E-state index in [0.29, 0.717) is 18.6 Å². The number of nitrogens with zero attached hydrogens (tertiary/aromatic N) is 1. The van der Waals surface area contributed by atoms with Gasteiger partial charge in [-0.1, -0.05) is 50.1 Å². The molecule has 1 saturated carbocycles. The number of rotatable bonds is 7. The molecule has 22 heavy (non-hydrogen) atoms. The lowest BCUT2D eigenvalue weighted by Gasteiger charge is -2.25. The monoisotopic (exact) mass is 303 g/mol. The summed E-state index contributed by atoms with van der Waals surface area (Å²) < 4.78 is 5.67. The summed E-state index contributed by atoms with van der Waals surface area (Å²) in [6.45, 7) is 5.46. The van der Waals surface area contributed by atoms with Crippen LogP contribution in [0.15, 0.2) is 35.3 Å². The van der Waals surface area contributed by atoms with Crippen LogP contribution in [0.4, 0.5) is 0 Å². The maximum atomic E-state index is 5.67. The lowest BCUT2D eigenvalue weighted by molar-refractivity contribution is 0.125. The van der Waals surface area contributed by atoms with Gasteiger partial charge in [0.1, 0.15) is 0 Å². The average Bonchev–Trinajstić information content (AvgIpc) is 2.98. The van der Waals surface area contributed by atoms with Gasteiger partial charge in [-0.25, -0.2) is 0 Å². The van der Waals surface area contributed by atoms with Crippen LogP contribution in [0.5, 0.6) is 0 Å². The molecule has 1 aromatic carbocycles. The minimum atomic E-state index is 0.432. The van der Waals surface area contributed by atoms with Gasteiger partial charge in [-0.05, 0) is 23.8 Å². The molecule has 0 bridgehead atoms. The predicted octanol–water partition coefficient (Wildman–Crippen LogP) is 2.95. The molecule has 0 spiro atoms. The molecule has 0 amide bonds. The molecule has 2 N–H and O–H groups in total. The van der Waals surface area contributed by atoms with E-state index in [1.165, 1.54) is 31.2 Å². The Bertz CT molecular complexity index is 453. The van der Waals surface area contributed by atoms with E-state index in [9.17, 15) is 0 Å². The summed E-state index contributed by atoms with van der Waals surface area (Å²) >= 11 is 0. The third-order valence-corrected chi connectivity index (χ3v) is 4.37. The van der Waals surface area contributed by atoms with Crippen molar-refractivity contribution in [2.24, 2.45) is 10.4 Å². The summed E-state index contributed by atoms with van der Waals surface area (Å²) in [6.07, 6.45) is 5.35. The summed E-state index contributed by atoms with van der Waals surface area (Å²) in [6, 6.07) is 10.2. The minimum Gasteiger partial charge on any atom is -0.375 e. The van der Waals surface area contributed by atoms with Gasteiger partial charge in [-0.2, -0.15) is 0 Å². The van der Waals surface area contributed by atoms with Crippen molar-refractivity contribution >= 4 is 5.96 Å². The van der Waals surface area contributed by atoms with Gasteiger partial charge in [0.2, 0.25) is 0 Å². The van der Waals surface area contributed by atoms with Crippen molar-refractivity contribution in [3.8, 4) is 0 Å². The second kappa shape index (κ2) is 8.79. The van der Waals surface area contributed by atoms with Crippen molar-refractivity contribution in [2.75, 3.05) is 26.7 Å². The minimum absolute atomic E-state index is 0.432. The van der Waals surface area contributed by atoms with Crippen molar-refractivity contribution in [3.63, 3.8) is 0 Å². The normalized spacial score (nSPS) is 17.5. The van der Waals surface area contributed by atoms with Crippen LogP contribution in [-0.2, 0) is 11.3 Å². The fourth-order valence-corrected chi connectivity index (χ4v) is 2.93. The smallest absolute Gasteiger partial charge is 0.191 e. The average molecular weight is 303 g/mol. The van der Waals surface area contributed by atoms with Crippen LogP contribution in [0.1, 0.15) is 38.2 Å². The van der Waals surface area contributed by atoms with Crippen LogP contribution in [-0.4, -0.2) is 32.7 Å². The number of benzene rings is 1. The number of guanidine groups is 1. The highest BCUT2D eigenvalue weighted by Crippen LogP contribution is 2.36. The Morgan fingerprint density at radius 1 is 1.18 bits per heavy atom. The van der Waals surface area contributed by atoms with Crippen LogP contribution < -0.4 is 10.6 Å². The fourth-order valence-electron chi connectivity index (χ4n) is 2.93. The number of ether oxygens (including phenoxy) is 1. The highest BCUT2D eigenvalue weighted by Gasteiger charge is 2.28. The van der Waals surface area contributed by atoms with Crippen molar-refractivity contribution in [1.29, 1.82) is 0 Å². The molecule has 4 nitrogen and oxygen atoms in total. The van der Waals surface area contributed by atoms with E-state index >= 15 is 0 Å². The van der Waals surface area contributed by atoms with E-state index in [1.807, 2.05) is 25.2 Å². The molecular formula is C18H29N3O. The second-order valence-electron chi connectivity index (χ2n) is 6.41. The fraction of sp³-hybridized carbons (Fsp3) is 0.611. The van der Waals surface area contributed by atoms with Crippen molar-refractivity contribution < 1.29 is 4.74 Å². The molecule has 4 heteroatoms. The van der Waals surface area contributed by atoms with Crippen LogP contribution in [0.25, 0.3) is 0 Å². The SMILES string of the molecule is CN=C(NCCOCc1ccccc1)NCC1(C)CCCC1. The van der Waals surface area contributed by atoms with E-state index in [4.69, 9.17) is 4.74 Å². The van der Waals surface area contributed by atoms with Gasteiger partial charge in [-0.3, -0.25) is 4.99 Å². The lowest BCUT2D eigenvalue weighted by Crippen LogP contribution is -2.43. The van der Waals surface area contributed by atoms with Crippen LogP contribution in [0.2, 0.25) is 0 Å². The molecule has 0 aliphatic heterocycles. The first-order valence-electron chi connectivity index (χ1n) is 8.28. The van der Waals surface area contributed by atoms with Gasteiger partial charge in [0, 0.05) is 20.1 Å². The number of aliphatic imine (C=N–C) groups is 1. The van der Waals surface area contributed by atoms with Gasteiger partial charge >= 0.3 is 0 Å². The van der Waals surface area contributed by atoms with Crippen LogP contribution in [0, 0.1) is 5.41 Å². The molecule has 1 aliphatic carbocycles. The number of nitrogens with one attached hydrogen (secondary N) is 2. The molecule has 0 heterocycles. The summed E-state index contributed by atoms with van der Waals surface area (Å²) in [5.41, 5.74) is 1.64. The van der Waals surface area contributed by atoms with E-state index in [-0.39, 0.29) is 0 Å². The van der Waals surface area contributed by atoms with Crippen LogP contribution >= 0.6 is 0 Å². The zero-order chi connectivity index (χ0) is 15.7. The Kier molecular flexibility index (Phi) is 6.72.